The van der Waals surface area contributed by atoms with E-state index in [4.69, 9.17) is 4.74 Å². The number of carbonyl (C=O) groups is 1. The predicted molar refractivity (Wildman–Crippen MR) is 86.4 cm³/mol. The number of benzene rings is 1. The van der Waals surface area contributed by atoms with Crippen LogP contribution in [0.15, 0.2) is 17.5 Å². The molecule has 6 nitrogen and oxygen atoms in total. The van der Waals surface area contributed by atoms with Gasteiger partial charge in [0, 0.05) is 23.6 Å². The molecule has 1 N–H and O–H groups in total. The number of carbonyl (C=O) groups excluding carboxylic acids is 1. The average molecular weight is 397 g/mol. The number of amides is 1. The van der Waals surface area contributed by atoms with Crippen molar-refractivity contribution in [3.63, 3.8) is 0 Å². The summed E-state index contributed by atoms with van der Waals surface area (Å²) in [5.74, 6) is -0.913. The Labute approximate surface area is 145 Å². The molecule has 0 aliphatic carbocycles. The Morgan fingerprint density at radius 1 is 1.32 bits per heavy atom. The van der Waals surface area contributed by atoms with E-state index >= 15 is 0 Å². The second-order valence-corrected chi connectivity index (χ2v) is 7.40. The lowest BCUT2D eigenvalue weighted by molar-refractivity contribution is -0.118. The Bertz CT molecular complexity index is 890. The molecule has 0 saturated carbocycles. The van der Waals surface area contributed by atoms with Crippen LogP contribution in [-0.2, 0) is 21.3 Å². The number of fused-ring (bicyclic) bond motifs is 1. The standard InChI is InChI=1S/C14H14F3NO5S2/c1-8(19)18-6-5-9-7-24-11-4-3-10(22-2)13(12(9)11)23-25(20,21)14(15,16)17/h3-4,7H,5-6H2,1-2H3,(H,18,19). The summed E-state index contributed by atoms with van der Waals surface area (Å²) in [5.41, 5.74) is -5.02. The summed E-state index contributed by atoms with van der Waals surface area (Å²) in [5, 5.41) is 4.44. The highest BCUT2D eigenvalue weighted by Gasteiger charge is 2.49. The normalized spacial score (nSPS) is 12.2. The van der Waals surface area contributed by atoms with Gasteiger partial charge in [0.2, 0.25) is 5.91 Å². The molecule has 0 saturated heterocycles. The Kier molecular flexibility index (Phi) is 5.47. The molecule has 1 heterocycles. The highest BCUT2D eigenvalue weighted by molar-refractivity contribution is 7.88. The lowest BCUT2D eigenvalue weighted by Gasteiger charge is -2.14. The summed E-state index contributed by atoms with van der Waals surface area (Å²) >= 11 is 1.22. The number of rotatable bonds is 6. The van der Waals surface area contributed by atoms with Crippen molar-refractivity contribution in [2.75, 3.05) is 13.7 Å². The first-order chi connectivity index (χ1) is 11.6. The molecule has 0 unspecified atom stereocenters. The maximum Gasteiger partial charge on any atom is 0.534 e. The number of nitrogens with one attached hydrogen (secondary N) is 1. The molecule has 0 bridgehead atoms. The van der Waals surface area contributed by atoms with E-state index in [-0.39, 0.29) is 30.0 Å². The molecule has 0 spiro atoms. The van der Waals surface area contributed by atoms with Gasteiger partial charge in [-0.2, -0.15) is 21.6 Å². The molecule has 0 atom stereocenters. The molecule has 1 amide bonds. The van der Waals surface area contributed by atoms with Gasteiger partial charge in [-0.1, -0.05) is 0 Å². The van der Waals surface area contributed by atoms with Crippen molar-refractivity contribution < 1.29 is 35.3 Å². The number of methoxy groups -OCH3 is 1. The molecule has 1 aromatic carbocycles. The average Bonchev–Trinajstić information content (AvgIpc) is 2.89. The van der Waals surface area contributed by atoms with E-state index < -0.39 is 21.4 Å². The van der Waals surface area contributed by atoms with Crippen molar-refractivity contribution in [1.29, 1.82) is 0 Å². The fourth-order valence-corrected chi connectivity index (χ4v) is 3.57. The van der Waals surface area contributed by atoms with Crippen molar-refractivity contribution in [3.8, 4) is 11.5 Å². The number of hydrogen-bond donors (Lipinski definition) is 1. The van der Waals surface area contributed by atoms with Gasteiger partial charge in [-0.15, -0.1) is 11.3 Å². The highest BCUT2D eigenvalue weighted by atomic mass is 32.2. The largest absolute Gasteiger partial charge is 0.534 e. The molecule has 0 aliphatic rings. The van der Waals surface area contributed by atoms with Crippen molar-refractivity contribution >= 4 is 37.4 Å². The third kappa shape index (κ3) is 4.15. The van der Waals surface area contributed by atoms with Gasteiger partial charge >= 0.3 is 15.6 Å². The number of halogens is 3. The maximum absolute atomic E-state index is 12.7. The summed E-state index contributed by atoms with van der Waals surface area (Å²) < 4.78 is 70.7. The van der Waals surface area contributed by atoms with Gasteiger partial charge in [0.25, 0.3) is 0 Å². The van der Waals surface area contributed by atoms with Gasteiger partial charge in [0.1, 0.15) is 0 Å². The van der Waals surface area contributed by atoms with Gasteiger partial charge in [-0.3, -0.25) is 4.79 Å². The predicted octanol–water partition coefficient (Wildman–Crippen LogP) is 2.82. The minimum Gasteiger partial charge on any atom is -0.493 e. The maximum atomic E-state index is 12.7. The molecule has 25 heavy (non-hydrogen) atoms. The van der Waals surface area contributed by atoms with Crippen LogP contribution >= 0.6 is 11.3 Å². The fraction of sp³-hybridized carbons (Fsp3) is 0.357. The van der Waals surface area contributed by atoms with Crippen molar-refractivity contribution in [2.24, 2.45) is 0 Å². The first-order valence-corrected chi connectivity index (χ1v) is 9.18. The monoisotopic (exact) mass is 397 g/mol. The zero-order valence-corrected chi connectivity index (χ0v) is 14.8. The van der Waals surface area contributed by atoms with Gasteiger partial charge in [0.15, 0.2) is 11.5 Å². The molecule has 0 aliphatic heterocycles. The Morgan fingerprint density at radius 3 is 2.56 bits per heavy atom. The second-order valence-electron chi connectivity index (χ2n) is 4.95. The smallest absolute Gasteiger partial charge is 0.493 e. The summed E-state index contributed by atoms with van der Waals surface area (Å²) in [6.07, 6.45) is 0.287. The molecule has 11 heteroatoms. The van der Waals surface area contributed by atoms with Crippen LogP contribution in [0.2, 0.25) is 0 Å². The summed E-state index contributed by atoms with van der Waals surface area (Å²) in [6.45, 7) is 1.57. The van der Waals surface area contributed by atoms with Crippen LogP contribution in [0.4, 0.5) is 13.2 Å². The zero-order chi connectivity index (χ0) is 18.8. The molecule has 1 aromatic heterocycles. The van der Waals surface area contributed by atoms with Crippen LogP contribution in [0.1, 0.15) is 12.5 Å². The molecule has 2 aromatic rings. The number of hydrogen-bond acceptors (Lipinski definition) is 6. The van der Waals surface area contributed by atoms with Crippen LogP contribution in [-0.4, -0.2) is 33.5 Å². The SMILES string of the molecule is COc1ccc2scc(CCNC(C)=O)c2c1OS(=O)(=O)C(F)(F)F. The van der Waals surface area contributed by atoms with Crippen LogP contribution in [0.3, 0.4) is 0 Å². The fourth-order valence-electron chi connectivity index (χ4n) is 2.10. The number of ether oxygens (including phenoxy) is 1. The van der Waals surface area contributed by atoms with E-state index in [2.05, 4.69) is 9.50 Å². The van der Waals surface area contributed by atoms with Crippen LogP contribution in [0.5, 0.6) is 11.5 Å². The first kappa shape index (κ1) is 19.3. The van der Waals surface area contributed by atoms with E-state index in [1.54, 1.807) is 11.4 Å². The molecular weight excluding hydrogens is 383 g/mol. The van der Waals surface area contributed by atoms with E-state index in [1.165, 1.54) is 31.4 Å². The number of thiophene rings is 1. The van der Waals surface area contributed by atoms with E-state index in [0.29, 0.717) is 10.3 Å². The quantitative estimate of drug-likeness (QED) is 0.599. The molecule has 0 radical (unpaired) electrons. The topological polar surface area (TPSA) is 81.7 Å². The summed E-state index contributed by atoms with van der Waals surface area (Å²) in [4.78, 5) is 10.9. The Morgan fingerprint density at radius 2 is 2.00 bits per heavy atom. The summed E-state index contributed by atoms with van der Waals surface area (Å²) in [7, 11) is -4.66. The third-order valence-corrected chi connectivity index (χ3v) is 5.15. The minimum absolute atomic E-state index is 0.139. The van der Waals surface area contributed by atoms with Gasteiger partial charge in [0.05, 0.1) is 7.11 Å². The molecular formula is C14H14F3NO5S2. The van der Waals surface area contributed by atoms with Gasteiger partial charge in [-0.25, -0.2) is 0 Å². The second kappa shape index (κ2) is 7.08. The molecule has 0 fully saturated rings. The van der Waals surface area contributed by atoms with Gasteiger partial charge in [-0.05, 0) is 29.5 Å². The van der Waals surface area contributed by atoms with E-state index in [0.717, 1.165) is 0 Å². The lowest BCUT2D eigenvalue weighted by atomic mass is 10.1. The van der Waals surface area contributed by atoms with Crippen molar-refractivity contribution in [3.05, 3.63) is 23.1 Å². The first-order valence-electron chi connectivity index (χ1n) is 6.89. The Hall–Kier alpha value is -2.01. The lowest BCUT2D eigenvalue weighted by Crippen LogP contribution is -2.28. The van der Waals surface area contributed by atoms with Crippen LogP contribution in [0, 0.1) is 0 Å². The van der Waals surface area contributed by atoms with Crippen LogP contribution < -0.4 is 14.2 Å². The van der Waals surface area contributed by atoms with E-state index in [1.807, 2.05) is 0 Å². The van der Waals surface area contributed by atoms with Crippen molar-refractivity contribution in [2.45, 2.75) is 18.9 Å². The third-order valence-electron chi connectivity index (χ3n) is 3.20. The molecule has 2 rings (SSSR count). The van der Waals surface area contributed by atoms with Gasteiger partial charge < -0.3 is 14.2 Å². The van der Waals surface area contributed by atoms with Crippen molar-refractivity contribution in [1.82, 2.24) is 5.32 Å². The highest BCUT2D eigenvalue weighted by Crippen LogP contribution is 2.43. The minimum atomic E-state index is -5.85. The zero-order valence-electron chi connectivity index (χ0n) is 13.1. The van der Waals surface area contributed by atoms with E-state index in [9.17, 15) is 26.4 Å². The van der Waals surface area contributed by atoms with Crippen LogP contribution in [0.25, 0.3) is 10.1 Å². The molecule has 138 valence electrons. The number of alkyl halides is 3. The summed E-state index contributed by atoms with van der Waals surface area (Å²) in [6, 6.07) is 2.92. The Balaban J connectivity index is 2.52.